The minimum atomic E-state index is -0.746. The van der Waals surface area contributed by atoms with E-state index in [-0.39, 0.29) is 6.42 Å². The van der Waals surface area contributed by atoms with E-state index in [2.05, 4.69) is 19.8 Å². The summed E-state index contributed by atoms with van der Waals surface area (Å²) in [5.74, 6) is 0.705. The van der Waals surface area contributed by atoms with E-state index < -0.39 is 5.97 Å². The Morgan fingerprint density at radius 3 is 2.75 bits per heavy atom. The van der Waals surface area contributed by atoms with Crippen molar-refractivity contribution in [2.75, 3.05) is 44.2 Å². The van der Waals surface area contributed by atoms with Gasteiger partial charge in [0.15, 0.2) is 0 Å². The summed E-state index contributed by atoms with van der Waals surface area (Å²) in [6.07, 6.45) is 1.71. The number of carboxylic acids is 1. The van der Waals surface area contributed by atoms with E-state index in [9.17, 15) is 4.79 Å². The van der Waals surface area contributed by atoms with E-state index in [1.54, 1.807) is 0 Å². The normalized spacial score (nSPS) is 16.1. The lowest BCUT2D eigenvalue weighted by atomic mass is 10.3. The molecule has 110 valence electrons. The van der Waals surface area contributed by atoms with Crippen molar-refractivity contribution < 1.29 is 14.6 Å². The first kappa shape index (κ1) is 14.5. The maximum Gasteiger partial charge on any atom is 0.304 e. The Kier molecular flexibility index (Phi) is 5.11. The molecule has 1 fully saturated rings. The van der Waals surface area contributed by atoms with Crippen LogP contribution < -0.4 is 9.64 Å². The van der Waals surface area contributed by atoms with Gasteiger partial charge < -0.3 is 14.7 Å². The van der Waals surface area contributed by atoms with Crippen LogP contribution >= 0.6 is 0 Å². The third kappa shape index (κ3) is 4.06. The van der Waals surface area contributed by atoms with Crippen molar-refractivity contribution in [1.29, 1.82) is 0 Å². The van der Waals surface area contributed by atoms with Crippen LogP contribution in [0.5, 0.6) is 5.88 Å². The van der Waals surface area contributed by atoms with Crippen LogP contribution in [0.15, 0.2) is 12.4 Å². The summed E-state index contributed by atoms with van der Waals surface area (Å²) in [5.41, 5.74) is 0. The largest absolute Gasteiger partial charge is 0.481 e. The molecule has 1 N–H and O–H groups in total. The highest BCUT2D eigenvalue weighted by atomic mass is 16.5. The van der Waals surface area contributed by atoms with Gasteiger partial charge in [-0.15, -0.1) is 0 Å². The fraction of sp³-hybridized carbons (Fsp3) is 0.615. The van der Waals surface area contributed by atoms with Gasteiger partial charge in [0.1, 0.15) is 12.1 Å². The number of anilines is 1. The first-order chi connectivity index (χ1) is 9.69. The molecule has 1 aliphatic rings. The molecular formula is C13H20N4O3. The van der Waals surface area contributed by atoms with Crippen LogP contribution in [-0.4, -0.2) is 65.3 Å². The summed E-state index contributed by atoms with van der Waals surface area (Å²) in [4.78, 5) is 23.2. The average Bonchev–Trinajstić information content (AvgIpc) is 2.46. The summed E-state index contributed by atoms with van der Waals surface area (Å²) in [6.45, 7) is 6.48. The lowest BCUT2D eigenvalue weighted by molar-refractivity contribution is -0.137. The van der Waals surface area contributed by atoms with E-state index in [1.807, 2.05) is 13.0 Å². The molecular weight excluding hydrogens is 260 g/mol. The Balaban J connectivity index is 1.86. The summed E-state index contributed by atoms with van der Waals surface area (Å²) in [5, 5.41) is 8.69. The third-order valence-electron chi connectivity index (χ3n) is 3.26. The molecule has 2 heterocycles. The van der Waals surface area contributed by atoms with Crippen LogP contribution in [-0.2, 0) is 4.79 Å². The van der Waals surface area contributed by atoms with Gasteiger partial charge in [0.2, 0.25) is 5.88 Å². The van der Waals surface area contributed by atoms with Gasteiger partial charge in [-0.3, -0.25) is 9.69 Å². The standard InChI is InChI=1S/C13H20N4O3/c1-2-20-12-9-11(14-10-15-12)17-7-5-16(6-8-17)4-3-13(18)19/h9-10H,2-8H2,1H3,(H,18,19). The van der Waals surface area contributed by atoms with Crippen LogP contribution in [0.1, 0.15) is 13.3 Å². The second-order valence-electron chi connectivity index (χ2n) is 4.62. The first-order valence-corrected chi connectivity index (χ1v) is 6.83. The molecule has 0 spiro atoms. The Labute approximate surface area is 118 Å². The van der Waals surface area contributed by atoms with Crippen molar-refractivity contribution in [2.24, 2.45) is 0 Å². The highest BCUT2D eigenvalue weighted by molar-refractivity contribution is 5.66. The quantitative estimate of drug-likeness (QED) is 0.811. The molecule has 2 rings (SSSR count). The van der Waals surface area contributed by atoms with Crippen LogP contribution in [0.2, 0.25) is 0 Å². The fourth-order valence-corrected chi connectivity index (χ4v) is 2.18. The molecule has 7 heteroatoms. The summed E-state index contributed by atoms with van der Waals surface area (Å²) < 4.78 is 5.37. The van der Waals surface area contributed by atoms with E-state index >= 15 is 0 Å². The summed E-state index contributed by atoms with van der Waals surface area (Å²) >= 11 is 0. The molecule has 1 aromatic rings. The predicted octanol–water partition coefficient (Wildman–Crippen LogP) is 0.472. The van der Waals surface area contributed by atoms with E-state index in [4.69, 9.17) is 9.84 Å². The number of hydrogen-bond acceptors (Lipinski definition) is 6. The monoisotopic (exact) mass is 280 g/mol. The Hall–Kier alpha value is -1.89. The van der Waals surface area contributed by atoms with Crippen molar-refractivity contribution in [3.8, 4) is 5.88 Å². The highest BCUT2D eigenvalue weighted by Crippen LogP contribution is 2.17. The van der Waals surface area contributed by atoms with Crippen molar-refractivity contribution in [2.45, 2.75) is 13.3 Å². The van der Waals surface area contributed by atoms with Gasteiger partial charge in [0, 0.05) is 38.8 Å². The number of carbonyl (C=O) groups is 1. The van der Waals surface area contributed by atoms with Crippen LogP contribution in [0.25, 0.3) is 0 Å². The molecule has 0 aromatic carbocycles. The minimum absolute atomic E-state index is 0.196. The van der Waals surface area contributed by atoms with E-state index in [1.165, 1.54) is 6.33 Å². The van der Waals surface area contributed by atoms with E-state index in [0.29, 0.717) is 19.0 Å². The molecule has 1 saturated heterocycles. The van der Waals surface area contributed by atoms with Gasteiger partial charge in [0.05, 0.1) is 13.0 Å². The second-order valence-corrected chi connectivity index (χ2v) is 4.62. The van der Waals surface area contributed by atoms with Crippen LogP contribution in [0.3, 0.4) is 0 Å². The molecule has 1 aliphatic heterocycles. The Morgan fingerprint density at radius 1 is 1.35 bits per heavy atom. The first-order valence-electron chi connectivity index (χ1n) is 6.83. The number of rotatable bonds is 6. The number of piperazine rings is 1. The molecule has 0 atom stereocenters. The van der Waals surface area contributed by atoms with E-state index in [0.717, 1.165) is 32.0 Å². The minimum Gasteiger partial charge on any atom is -0.481 e. The molecule has 0 bridgehead atoms. The molecule has 1 aromatic heterocycles. The Morgan fingerprint density at radius 2 is 2.10 bits per heavy atom. The molecule has 0 unspecified atom stereocenters. The smallest absolute Gasteiger partial charge is 0.304 e. The number of carboxylic acid groups (broad SMARTS) is 1. The van der Waals surface area contributed by atoms with Crippen molar-refractivity contribution in [1.82, 2.24) is 14.9 Å². The second kappa shape index (κ2) is 7.04. The lowest BCUT2D eigenvalue weighted by Gasteiger charge is -2.35. The van der Waals surface area contributed by atoms with Crippen LogP contribution in [0.4, 0.5) is 5.82 Å². The Bertz CT molecular complexity index is 447. The van der Waals surface area contributed by atoms with Gasteiger partial charge in [-0.25, -0.2) is 9.97 Å². The maximum absolute atomic E-state index is 10.6. The summed E-state index contributed by atoms with van der Waals surface area (Å²) in [6, 6.07) is 1.84. The average molecular weight is 280 g/mol. The number of aliphatic carboxylic acids is 1. The van der Waals surface area contributed by atoms with Crippen molar-refractivity contribution in [3.63, 3.8) is 0 Å². The molecule has 7 nitrogen and oxygen atoms in total. The molecule has 0 radical (unpaired) electrons. The molecule has 0 amide bonds. The maximum atomic E-state index is 10.6. The number of ether oxygens (including phenoxy) is 1. The predicted molar refractivity (Wildman–Crippen MR) is 74.1 cm³/mol. The van der Waals surface area contributed by atoms with Crippen molar-refractivity contribution in [3.05, 3.63) is 12.4 Å². The van der Waals surface area contributed by atoms with Gasteiger partial charge >= 0.3 is 5.97 Å². The van der Waals surface area contributed by atoms with Crippen LogP contribution in [0, 0.1) is 0 Å². The molecule has 0 saturated carbocycles. The van der Waals surface area contributed by atoms with Gasteiger partial charge in [0.25, 0.3) is 0 Å². The zero-order valence-electron chi connectivity index (χ0n) is 11.7. The van der Waals surface area contributed by atoms with Gasteiger partial charge in [-0.2, -0.15) is 0 Å². The molecule has 20 heavy (non-hydrogen) atoms. The SMILES string of the molecule is CCOc1cc(N2CCN(CCC(=O)O)CC2)ncn1. The highest BCUT2D eigenvalue weighted by Gasteiger charge is 2.18. The lowest BCUT2D eigenvalue weighted by Crippen LogP contribution is -2.47. The number of aromatic nitrogens is 2. The zero-order chi connectivity index (χ0) is 14.4. The fourth-order valence-electron chi connectivity index (χ4n) is 2.18. The van der Waals surface area contributed by atoms with Crippen molar-refractivity contribution >= 4 is 11.8 Å². The number of hydrogen-bond donors (Lipinski definition) is 1. The zero-order valence-corrected chi connectivity index (χ0v) is 11.7. The van der Waals surface area contributed by atoms with Gasteiger partial charge in [-0.1, -0.05) is 0 Å². The third-order valence-corrected chi connectivity index (χ3v) is 3.26. The topological polar surface area (TPSA) is 78.8 Å². The summed E-state index contributed by atoms with van der Waals surface area (Å²) in [7, 11) is 0. The number of nitrogens with zero attached hydrogens (tertiary/aromatic N) is 4. The molecule has 0 aliphatic carbocycles. The van der Waals surface area contributed by atoms with Gasteiger partial charge in [-0.05, 0) is 6.92 Å².